The lowest BCUT2D eigenvalue weighted by atomic mass is 10.0. The van der Waals surface area contributed by atoms with Crippen LogP contribution >= 0.6 is 27.5 Å². The predicted octanol–water partition coefficient (Wildman–Crippen LogP) is 6.43. The van der Waals surface area contributed by atoms with Crippen molar-refractivity contribution in [1.82, 2.24) is 0 Å². The maximum Gasteiger partial charge on any atom is 0.0593 e. The largest absolute Gasteiger partial charge is 0.378 e. The fourth-order valence-electron chi connectivity index (χ4n) is 2.41. The van der Waals surface area contributed by atoms with Crippen LogP contribution in [-0.4, -0.2) is 0 Å². The van der Waals surface area contributed by atoms with Gasteiger partial charge in [-0.3, -0.25) is 0 Å². The summed E-state index contributed by atoms with van der Waals surface area (Å²) in [6.07, 6.45) is 0. The maximum atomic E-state index is 6.13. The van der Waals surface area contributed by atoms with E-state index in [1.165, 1.54) is 16.3 Å². The predicted molar refractivity (Wildman–Crippen MR) is 95.1 cm³/mol. The quantitative estimate of drug-likeness (QED) is 0.567. The highest BCUT2D eigenvalue weighted by Crippen LogP contribution is 2.32. The van der Waals surface area contributed by atoms with Crippen LogP contribution in [0.4, 0.5) is 5.69 Å². The molecule has 1 unspecified atom stereocenters. The highest BCUT2D eigenvalue weighted by Gasteiger charge is 2.09. The standard InChI is InChI=1S/C18H15BrClN/c1-12(21-17-8-4-7-16(20)18(17)19)14-10-9-13-5-2-3-6-15(13)11-14/h2-12,21H,1H3. The smallest absolute Gasteiger partial charge is 0.0593 e. The summed E-state index contributed by atoms with van der Waals surface area (Å²) in [6, 6.07) is 21.0. The Kier molecular flexibility index (Phi) is 4.18. The molecule has 0 saturated heterocycles. The lowest BCUT2D eigenvalue weighted by Crippen LogP contribution is -2.07. The van der Waals surface area contributed by atoms with Gasteiger partial charge in [0.15, 0.2) is 0 Å². The van der Waals surface area contributed by atoms with E-state index in [2.05, 4.69) is 70.6 Å². The van der Waals surface area contributed by atoms with Gasteiger partial charge in [0.25, 0.3) is 0 Å². The van der Waals surface area contributed by atoms with Crippen molar-refractivity contribution in [3.8, 4) is 0 Å². The van der Waals surface area contributed by atoms with Crippen LogP contribution in [0.1, 0.15) is 18.5 Å². The van der Waals surface area contributed by atoms with Gasteiger partial charge in [-0.2, -0.15) is 0 Å². The summed E-state index contributed by atoms with van der Waals surface area (Å²) in [5, 5.41) is 6.73. The van der Waals surface area contributed by atoms with Gasteiger partial charge in [-0.15, -0.1) is 0 Å². The van der Waals surface area contributed by atoms with Crippen LogP contribution in [0.25, 0.3) is 10.8 Å². The zero-order chi connectivity index (χ0) is 14.8. The number of hydrogen-bond acceptors (Lipinski definition) is 1. The normalized spacial score (nSPS) is 12.3. The van der Waals surface area contributed by atoms with E-state index >= 15 is 0 Å². The lowest BCUT2D eigenvalue weighted by molar-refractivity contribution is 0.886. The average molecular weight is 361 g/mol. The minimum Gasteiger partial charge on any atom is -0.378 e. The molecule has 0 aliphatic carbocycles. The molecule has 3 heteroatoms. The number of halogens is 2. The Hall–Kier alpha value is -1.51. The van der Waals surface area contributed by atoms with Gasteiger partial charge < -0.3 is 5.32 Å². The number of anilines is 1. The molecule has 106 valence electrons. The van der Waals surface area contributed by atoms with Crippen molar-refractivity contribution in [2.24, 2.45) is 0 Å². The number of nitrogens with one attached hydrogen (secondary N) is 1. The first kappa shape index (κ1) is 14.4. The van der Waals surface area contributed by atoms with Crippen LogP contribution in [0, 0.1) is 0 Å². The van der Waals surface area contributed by atoms with Crippen LogP contribution in [0.3, 0.4) is 0 Å². The van der Waals surface area contributed by atoms with E-state index in [1.807, 2.05) is 18.2 Å². The van der Waals surface area contributed by atoms with Gasteiger partial charge in [0.05, 0.1) is 15.2 Å². The van der Waals surface area contributed by atoms with Crippen LogP contribution in [0.5, 0.6) is 0 Å². The summed E-state index contributed by atoms with van der Waals surface area (Å²) in [5.74, 6) is 0. The number of benzene rings is 3. The van der Waals surface area contributed by atoms with Crippen molar-refractivity contribution in [3.05, 3.63) is 75.7 Å². The Morgan fingerprint density at radius 3 is 2.52 bits per heavy atom. The molecule has 0 radical (unpaired) electrons. The fourth-order valence-corrected chi connectivity index (χ4v) is 2.96. The molecule has 0 heterocycles. The average Bonchev–Trinajstić information content (AvgIpc) is 2.51. The van der Waals surface area contributed by atoms with Crippen molar-refractivity contribution in [2.45, 2.75) is 13.0 Å². The monoisotopic (exact) mass is 359 g/mol. The van der Waals surface area contributed by atoms with E-state index in [4.69, 9.17) is 11.6 Å². The Morgan fingerprint density at radius 1 is 0.952 bits per heavy atom. The summed E-state index contributed by atoms with van der Waals surface area (Å²) in [4.78, 5) is 0. The van der Waals surface area contributed by atoms with Gasteiger partial charge in [-0.05, 0) is 57.4 Å². The van der Waals surface area contributed by atoms with Crippen LogP contribution < -0.4 is 5.32 Å². The first-order valence-corrected chi connectivity index (χ1v) is 8.01. The molecule has 0 fully saturated rings. The molecule has 21 heavy (non-hydrogen) atoms. The number of hydrogen-bond donors (Lipinski definition) is 1. The topological polar surface area (TPSA) is 12.0 Å². The van der Waals surface area contributed by atoms with Crippen molar-refractivity contribution in [3.63, 3.8) is 0 Å². The highest BCUT2D eigenvalue weighted by atomic mass is 79.9. The second-order valence-corrected chi connectivity index (χ2v) is 6.27. The summed E-state index contributed by atoms with van der Waals surface area (Å²) in [5.41, 5.74) is 2.25. The highest BCUT2D eigenvalue weighted by molar-refractivity contribution is 9.10. The molecule has 3 rings (SSSR count). The molecule has 0 saturated carbocycles. The van der Waals surface area contributed by atoms with Crippen molar-refractivity contribution < 1.29 is 0 Å². The number of fused-ring (bicyclic) bond motifs is 1. The Balaban J connectivity index is 1.89. The second-order valence-electron chi connectivity index (χ2n) is 5.07. The van der Waals surface area contributed by atoms with Crippen LogP contribution in [-0.2, 0) is 0 Å². The SMILES string of the molecule is CC(Nc1cccc(Cl)c1Br)c1ccc2ccccc2c1. The fraction of sp³-hybridized carbons (Fsp3) is 0.111. The molecule has 0 aliphatic rings. The molecule has 0 bridgehead atoms. The van der Waals surface area contributed by atoms with Crippen LogP contribution in [0.15, 0.2) is 65.1 Å². The number of rotatable bonds is 3. The third kappa shape index (κ3) is 3.07. The summed E-state index contributed by atoms with van der Waals surface area (Å²) in [7, 11) is 0. The van der Waals surface area contributed by atoms with E-state index in [9.17, 15) is 0 Å². The van der Waals surface area contributed by atoms with E-state index in [1.54, 1.807) is 0 Å². The molecule has 0 spiro atoms. The van der Waals surface area contributed by atoms with Crippen molar-refractivity contribution >= 4 is 44.0 Å². The minimum absolute atomic E-state index is 0.198. The molecule has 1 nitrogen and oxygen atoms in total. The second kappa shape index (κ2) is 6.08. The van der Waals surface area contributed by atoms with E-state index in [0.29, 0.717) is 5.02 Å². The van der Waals surface area contributed by atoms with Gasteiger partial charge in [0.1, 0.15) is 0 Å². The maximum absolute atomic E-state index is 6.13. The molecular weight excluding hydrogens is 346 g/mol. The Labute approximate surface area is 138 Å². The van der Waals surface area contributed by atoms with Gasteiger partial charge >= 0.3 is 0 Å². The van der Waals surface area contributed by atoms with Gasteiger partial charge in [0, 0.05) is 6.04 Å². The molecule has 3 aromatic rings. The molecule has 0 amide bonds. The van der Waals surface area contributed by atoms with Crippen LogP contribution in [0.2, 0.25) is 5.02 Å². The van der Waals surface area contributed by atoms with E-state index in [-0.39, 0.29) is 6.04 Å². The molecule has 1 atom stereocenters. The van der Waals surface area contributed by atoms with E-state index in [0.717, 1.165) is 10.2 Å². The third-order valence-corrected chi connectivity index (χ3v) is 4.99. The molecular formula is C18H15BrClN. The summed E-state index contributed by atoms with van der Waals surface area (Å²) < 4.78 is 0.902. The Bertz CT molecular complexity index is 785. The van der Waals surface area contributed by atoms with E-state index < -0.39 is 0 Å². The molecule has 1 N–H and O–H groups in total. The van der Waals surface area contributed by atoms with Crippen molar-refractivity contribution in [2.75, 3.05) is 5.32 Å². The zero-order valence-corrected chi connectivity index (χ0v) is 13.9. The molecule has 0 aromatic heterocycles. The lowest BCUT2D eigenvalue weighted by Gasteiger charge is -2.18. The Morgan fingerprint density at radius 2 is 1.71 bits per heavy atom. The van der Waals surface area contributed by atoms with Crippen molar-refractivity contribution in [1.29, 1.82) is 0 Å². The summed E-state index contributed by atoms with van der Waals surface area (Å²) >= 11 is 9.66. The molecule has 3 aromatic carbocycles. The van der Waals surface area contributed by atoms with Gasteiger partial charge in [0.2, 0.25) is 0 Å². The van der Waals surface area contributed by atoms with Gasteiger partial charge in [-0.1, -0.05) is 54.1 Å². The minimum atomic E-state index is 0.198. The first-order chi connectivity index (χ1) is 10.1. The first-order valence-electron chi connectivity index (χ1n) is 6.84. The third-order valence-electron chi connectivity index (χ3n) is 3.60. The summed E-state index contributed by atoms with van der Waals surface area (Å²) in [6.45, 7) is 2.15. The zero-order valence-electron chi connectivity index (χ0n) is 11.6. The molecule has 0 aliphatic heterocycles. The van der Waals surface area contributed by atoms with Gasteiger partial charge in [-0.25, -0.2) is 0 Å².